The summed E-state index contributed by atoms with van der Waals surface area (Å²) in [7, 11) is 1.72. The molecule has 0 atom stereocenters. The lowest BCUT2D eigenvalue weighted by molar-refractivity contribution is -0.128. The third-order valence-electron chi connectivity index (χ3n) is 5.13. The molecular formula is C24H23N3O2S2. The third-order valence-corrected chi connectivity index (χ3v) is 7.02. The minimum Gasteiger partial charge on any atom is -0.338 e. The van der Waals surface area contributed by atoms with Crippen molar-refractivity contribution in [3.05, 3.63) is 82.0 Å². The van der Waals surface area contributed by atoms with E-state index in [2.05, 4.69) is 0 Å². The lowest BCUT2D eigenvalue weighted by atomic mass is 10.1. The molecule has 0 aliphatic carbocycles. The Labute approximate surface area is 189 Å². The number of rotatable bonds is 7. The topological polar surface area (TPSA) is 55.2 Å². The molecule has 2 heterocycles. The number of thiophene rings is 1. The highest BCUT2D eigenvalue weighted by molar-refractivity contribution is 7.99. The molecule has 7 heteroatoms. The molecular weight excluding hydrogens is 426 g/mol. The predicted octanol–water partition coefficient (Wildman–Crippen LogP) is 4.80. The fraction of sp³-hybridized carbons (Fsp3) is 0.208. The summed E-state index contributed by atoms with van der Waals surface area (Å²) in [5, 5.41) is 3.17. The number of hydrogen-bond acceptors (Lipinski definition) is 5. The van der Waals surface area contributed by atoms with Gasteiger partial charge in [0.1, 0.15) is 4.83 Å². The zero-order chi connectivity index (χ0) is 21.8. The lowest BCUT2D eigenvalue weighted by Crippen LogP contribution is -2.32. The van der Waals surface area contributed by atoms with Crippen LogP contribution in [0.3, 0.4) is 0 Å². The molecule has 4 aromatic rings. The molecule has 0 saturated carbocycles. The van der Waals surface area contributed by atoms with Crippen molar-refractivity contribution in [2.45, 2.75) is 18.6 Å². The smallest absolute Gasteiger partial charge is 0.263 e. The summed E-state index contributed by atoms with van der Waals surface area (Å²) in [5.74, 6) is 0.269. The Morgan fingerprint density at radius 1 is 1.10 bits per heavy atom. The van der Waals surface area contributed by atoms with Crippen molar-refractivity contribution in [1.82, 2.24) is 14.5 Å². The first-order valence-corrected chi connectivity index (χ1v) is 11.9. The van der Waals surface area contributed by atoms with Gasteiger partial charge < -0.3 is 4.90 Å². The monoisotopic (exact) mass is 449 g/mol. The van der Waals surface area contributed by atoms with E-state index in [9.17, 15) is 9.59 Å². The van der Waals surface area contributed by atoms with Gasteiger partial charge in [-0.05, 0) is 18.1 Å². The number of carbonyl (C=O) groups is 1. The first-order chi connectivity index (χ1) is 15.1. The van der Waals surface area contributed by atoms with Crippen LogP contribution >= 0.6 is 23.1 Å². The molecule has 0 spiro atoms. The first kappa shape index (κ1) is 21.3. The van der Waals surface area contributed by atoms with Crippen LogP contribution in [0.15, 0.2) is 76.0 Å². The minimum absolute atomic E-state index is 0.0295. The van der Waals surface area contributed by atoms with E-state index < -0.39 is 0 Å². The molecule has 4 rings (SSSR count). The molecule has 0 aliphatic rings. The van der Waals surface area contributed by atoms with Crippen LogP contribution in [-0.2, 0) is 18.4 Å². The first-order valence-electron chi connectivity index (χ1n) is 10.1. The van der Waals surface area contributed by atoms with Gasteiger partial charge in [0.15, 0.2) is 5.16 Å². The van der Waals surface area contributed by atoms with Gasteiger partial charge in [0.05, 0.1) is 11.1 Å². The average molecular weight is 450 g/mol. The maximum Gasteiger partial charge on any atom is 0.263 e. The molecule has 31 heavy (non-hydrogen) atoms. The highest BCUT2D eigenvalue weighted by atomic mass is 32.2. The van der Waals surface area contributed by atoms with Crippen LogP contribution in [0.25, 0.3) is 21.3 Å². The number of benzene rings is 2. The van der Waals surface area contributed by atoms with Crippen LogP contribution in [0.1, 0.15) is 12.5 Å². The van der Waals surface area contributed by atoms with Gasteiger partial charge in [-0.25, -0.2) is 4.98 Å². The van der Waals surface area contributed by atoms with Crippen LogP contribution in [0, 0.1) is 0 Å². The fourth-order valence-corrected chi connectivity index (χ4v) is 5.27. The lowest BCUT2D eigenvalue weighted by Gasteiger charge is -2.21. The highest BCUT2D eigenvalue weighted by Crippen LogP contribution is 2.31. The molecule has 2 aromatic carbocycles. The molecule has 0 bridgehead atoms. The van der Waals surface area contributed by atoms with Crippen LogP contribution in [0.5, 0.6) is 0 Å². The average Bonchev–Trinajstić information content (AvgIpc) is 3.24. The van der Waals surface area contributed by atoms with Gasteiger partial charge in [0.2, 0.25) is 5.91 Å². The Hall–Kier alpha value is -2.90. The molecule has 2 aromatic heterocycles. The Bertz CT molecular complexity index is 1250. The maximum absolute atomic E-state index is 13.1. The van der Waals surface area contributed by atoms with Gasteiger partial charge in [0.25, 0.3) is 5.56 Å². The van der Waals surface area contributed by atoms with Gasteiger partial charge >= 0.3 is 0 Å². The second-order valence-corrected chi connectivity index (χ2v) is 8.94. The summed E-state index contributed by atoms with van der Waals surface area (Å²) in [6.45, 7) is 3.18. The quantitative estimate of drug-likeness (QED) is 0.300. The van der Waals surface area contributed by atoms with Crippen molar-refractivity contribution in [1.29, 1.82) is 0 Å². The fourth-order valence-electron chi connectivity index (χ4n) is 3.41. The molecule has 5 nitrogen and oxygen atoms in total. The normalized spacial score (nSPS) is 11.0. The van der Waals surface area contributed by atoms with Crippen molar-refractivity contribution in [3.8, 4) is 11.1 Å². The third kappa shape index (κ3) is 4.57. The van der Waals surface area contributed by atoms with E-state index in [4.69, 9.17) is 4.98 Å². The predicted molar refractivity (Wildman–Crippen MR) is 129 cm³/mol. The number of carbonyl (C=O) groups excluding carboxylic acids is 1. The Morgan fingerprint density at radius 2 is 1.77 bits per heavy atom. The van der Waals surface area contributed by atoms with Gasteiger partial charge in [-0.15, -0.1) is 11.3 Å². The summed E-state index contributed by atoms with van der Waals surface area (Å²) in [6, 6.07) is 19.8. The van der Waals surface area contributed by atoms with E-state index >= 15 is 0 Å². The Balaban J connectivity index is 1.54. The summed E-state index contributed by atoms with van der Waals surface area (Å²) < 4.78 is 1.55. The van der Waals surface area contributed by atoms with Gasteiger partial charge in [-0.2, -0.15) is 0 Å². The van der Waals surface area contributed by atoms with Crippen molar-refractivity contribution >= 4 is 39.2 Å². The van der Waals surface area contributed by atoms with Crippen molar-refractivity contribution in [2.75, 3.05) is 12.3 Å². The number of fused-ring (bicyclic) bond motifs is 1. The standard InChI is InChI=1S/C24H23N3O2S2/c1-3-27(14-17-10-6-4-7-11-17)20(28)16-31-24-25-22-21(23(29)26(24)2)19(15-30-22)18-12-8-5-9-13-18/h4-13,15H,3,14,16H2,1-2H3. The zero-order valence-electron chi connectivity index (χ0n) is 17.4. The summed E-state index contributed by atoms with van der Waals surface area (Å²) >= 11 is 2.77. The van der Waals surface area contributed by atoms with E-state index in [0.29, 0.717) is 28.5 Å². The molecule has 158 valence electrons. The van der Waals surface area contributed by atoms with Crippen LogP contribution < -0.4 is 5.56 Å². The second kappa shape index (κ2) is 9.49. The van der Waals surface area contributed by atoms with Crippen molar-refractivity contribution in [2.24, 2.45) is 7.05 Å². The zero-order valence-corrected chi connectivity index (χ0v) is 19.1. The van der Waals surface area contributed by atoms with Crippen molar-refractivity contribution < 1.29 is 4.79 Å². The van der Waals surface area contributed by atoms with E-state index in [-0.39, 0.29) is 17.2 Å². The van der Waals surface area contributed by atoms with E-state index in [0.717, 1.165) is 16.7 Å². The van der Waals surface area contributed by atoms with E-state index in [1.54, 1.807) is 11.6 Å². The number of aromatic nitrogens is 2. The molecule has 0 saturated heterocycles. The number of nitrogens with zero attached hydrogens (tertiary/aromatic N) is 3. The Kier molecular flexibility index (Phi) is 6.53. The number of thioether (sulfide) groups is 1. The van der Waals surface area contributed by atoms with Crippen LogP contribution in [0.2, 0.25) is 0 Å². The minimum atomic E-state index is -0.0864. The molecule has 1 amide bonds. The van der Waals surface area contributed by atoms with Crippen molar-refractivity contribution in [3.63, 3.8) is 0 Å². The van der Waals surface area contributed by atoms with E-state index in [1.807, 2.05) is 77.9 Å². The second-order valence-electron chi connectivity index (χ2n) is 7.14. The highest BCUT2D eigenvalue weighted by Gasteiger charge is 2.18. The largest absolute Gasteiger partial charge is 0.338 e. The Morgan fingerprint density at radius 3 is 2.45 bits per heavy atom. The van der Waals surface area contributed by atoms with Crippen LogP contribution in [-0.4, -0.2) is 32.7 Å². The summed E-state index contributed by atoms with van der Waals surface area (Å²) in [6.07, 6.45) is 0. The number of amides is 1. The summed E-state index contributed by atoms with van der Waals surface area (Å²) in [4.78, 5) is 33.1. The number of hydrogen-bond donors (Lipinski definition) is 0. The van der Waals surface area contributed by atoms with Gasteiger partial charge in [-0.1, -0.05) is 72.4 Å². The molecule has 0 fully saturated rings. The van der Waals surface area contributed by atoms with Crippen LogP contribution in [0.4, 0.5) is 0 Å². The van der Waals surface area contributed by atoms with E-state index in [1.165, 1.54) is 23.1 Å². The molecule has 0 N–H and O–H groups in total. The SMILES string of the molecule is CCN(Cc1ccccc1)C(=O)CSc1nc2scc(-c3ccccc3)c2c(=O)n1C. The van der Waals surface area contributed by atoms with Gasteiger partial charge in [-0.3, -0.25) is 14.2 Å². The summed E-state index contributed by atoms with van der Waals surface area (Å²) in [5.41, 5.74) is 2.92. The van der Waals surface area contributed by atoms with Gasteiger partial charge in [0, 0.05) is 31.1 Å². The molecule has 0 unspecified atom stereocenters. The molecule has 0 aliphatic heterocycles. The maximum atomic E-state index is 13.1. The molecule has 0 radical (unpaired) electrons.